The van der Waals surface area contributed by atoms with Crippen LogP contribution < -0.4 is 10.1 Å². The molecular formula is C26H26N6O3. The van der Waals surface area contributed by atoms with Crippen LogP contribution in [0, 0.1) is 0 Å². The number of carbonyl (C=O) groups excluding carboxylic acids is 1. The minimum atomic E-state index is -0.426. The first-order chi connectivity index (χ1) is 17.1. The number of nitrogens with one attached hydrogen (secondary N) is 1. The van der Waals surface area contributed by atoms with E-state index in [1.54, 1.807) is 19.2 Å². The van der Waals surface area contributed by atoms with Crippen molar-refractivity contribution in [3.63, 3.8) is 0 Å². The largest absolute Gasteiger partial charge is 0.494 e. The predicted molar refractivity (Wildman–Crippen MR) is 134 cm³/mol. The Morgan fingerprint density at radius 3 is 2.83 bits per heavy atom. The van der Waals surface area contributed by atoms with Crippen molar-refractivity contribution in [1.82, 2.24) is 23.9 Å². The molecule has 1 N–H and O–H groups in total. The number of hydrogen-bond donors (Lipinski definition) is 1. The van der Waals surface area contributed by atoms with Gasteiger partial charge in [0.15, 0.2) is 5.82 Å². The number of aromatic nitrogens is 5. The smallest absolute Gasteiger partial charge is 0.338 e. The van der Waals surface area contributed by atoms with Gasteiger partial charge < -0.3 is 23.9 Å². The molecule has 0 atom stereocenters. The number of ether oxygens (including phenoxy) is 2. The van der Waals surface area contributed by atoms with Gasteiger partial charge in [0.2, 0.25) is 0 Å². The predicted octanol–water partition coefficient (Wildman–Crippen LogP) is 4.14. The Balaban J connectivity index is 1.63. The summed E-state index contributed by atoms with van der Waals surface area (Å²) in [6.07, 6.45) is 3.93. The van der Waals surface area contributed by atoms with Crippen molar-refractivity contribution in [2.75, 3.05) is 26.1 Å². The number of carbonyl (C=O) groups is 1. The van der Waals surface area contributed by atoms with Crippen LogP contribution in [0.3, 0.4) is 0 Å². The number of hydrogen-bond acceptors (Lipinski definition) is 6. The molecule has 0 fully saturated rings. The van der Waals surface area contributed by atoms with Gasteiger partial charge in [0.1, 0.15) is 11.3 Å². The van der Waals surface area contributed by atoms with E-state index in [0.29, 0.717) is 23.4 Å². The van der Waals surface area contributed by atoms with Gasteiger partial charge >= 0.3 is 5.97 Å². The second-order valence-electron chi connectivity index (χ2n) is 8.62. The monoisotopic (exact) mass is 470 g/mol. The molecule has 0 unspecified atom stereocenters. The van der Waals surface area contributed by atoms with E-state index in [9.17, 15) is 4.79 Å². The molecule has 3 aromatic heterocycles. The first-order valence-electron chi connectivity index (χ1n) is 11.7. The van der Waals surface area contributed by atoms with Gasteiger partial charge in [0.05, 0.1) is 54.9 Å². The van der Waals surface area contributed by atoms with Crippen molar-refractivity contribution < 1.29 is 14.3 Å². The molecule has 0 saturated carbocycles. The maximum absolute atomic E-state index is 12.3. The molecule has 0 radical (unpaired) electrons. The lowest BCUT2D eigenvalue weighted by Crippen LogP contribution is -2.17. The molecule has 9 nitrogen and oxygen atoms in total. The molecule has 0 saturated heterocycles. The molecule has 0 bridgehead atoms. The molecule has 35 heavy (non-hydrogen) atoms. The third-order valence-corrected chi connectivity index (χ3v) is 6.60. The second-order valence-corrected chi connectivity index (χ2v) is 8.62. The van der Waals surface area contributed by atoms with Crippen molar-refractivity contribution in [1.29, 1.82) is 0 Å². The Hall–Kier alpha value is -4.27. The van der Waals surface area contributed by atoms with Gasteiger partial charge in [-0.3, -0.25) is 4.68 Å². The molecule has 5 aromatic rings. The van der Waals surface area contributed by atoms with E-state index in [0.717, 1.165) is 53.3 Å². The normalized spacial score (nSPS) is 12.8. The number of benzene rings is 2. The number of fused-ring (bicyclic) bond motifs is 1. The summed E-state index contributed by atoms with van der Waals surface area (Å²) in [4.78, 5) is 17.4. The van der Waals surface area contributed by atoms with Crippen LogP contribution in [-0.2, 0) is 24.4 Å². The quantitative estimate of drug-likeness (QED) is 0.375. The van der Waals surface area contributed by atoms with E-state index < -0.39 is 5.97 Å². The Labute approximate surface area is 201 Å². The molecular weight excluding hydrogens is 444 g/mol. The fraction of sp³-hybridized carbons (Fsp3) is 0.269. The van der Waals surface area contributed by atoms with Crippen molar-refractivity contribution in [3.8, 4) is 17.3 Å². The number of aryl methyl sites for hydroxylation is 1. The van der Waals surface area contributed by atoms with Gasteiger partial charge in [-0.25, -0.2) is 9.78 Å². The summed E-state index contributed by atoms with van der Waals surface area (Å²) < 4.78 is 17.1. The minimum absolute atomic E-state index is 0.403. The summed E-state index contributed by atoms with van der Waals surface area (Å²) in [6, 6.07) is 12.0. The van der Waals surface area contributed by atoms with E-state index >= 15 is 0 Å². The third kappa shape index (κ3) is 3.34. The summed E-state index contributed by atoms with van der Waals surface area (Å²) in [5.41, 5.74) is 6.28. The van der Waals surface area contributed by atoms with Crippen molar-refractivity contribution >= 4 is 33.6 Å². The average molecular weight is 471 g/mol. The summed E-state index contributed by atoms with van der Waals surface area (Å²) in [5.74, 6) is 0.958. The molecule has 0 aliphatic carbocycles. The number of nitrogens with zero attached hydrogens (tertiary/aromatic N) is 5. The molecule has 178 valence electrons. The Morgan fingerprint density at radius 2 is 2.06 bits per heavy atom. The van der Waals surface area contributed by atoms with Gasteiger partial charge in [0, 0.05) is 36.8 Å². The number of rotatable bonds is 6. The van der Waals surface area contributed by atoms with E-state index in [1.807, 2.05) is 17.1 Å². The minimum Gasteiger partial charge on any atom is -0.494 e. The molecule has 1 aliphatic heterocycles. The maximum Gasteiger partial charge on any atom is 0.338 e. The maximum atomic E-state index is 12.3. The van der Waals surface area contributed by atoms with Gasteiger partial charge in [0.25, 0.3) is 0 Å². The third-order valence-electron chi connectivity index (χ3n) is 6.60. The molecule has 9 heteroatoms. The first-order valence-corrected chi connectivity index (χ1v) is 11.7. The lowest BCUT2D eigenvalue weighted by atomic mass is 10.2. The van der Waals surface area contributed by atoms with Crippen LogP contribution in [0.4, 0.5) is 5.69 Å². The number of esters is 1. The molecule has 1 aliphatic rings. The van der Waals surface area contributed by atoms with Gasteiger partial charge in [-0.1, -0.05) is 12.1 Å². The summed E-state index contributed by atoms with van der Waals surface area (Å²) in [5, 5.41) is 9.11. The van der Waals surface area contributed by atoms with E-state index in [-0.39, 0.29) is 0 Å². The number of anilines is 1. The second kappa shape index (κ2) is 8.19. The highest BCUT2D eigenvalue weighted by Gasteiger charge is 2.24. The lowest BCUT2D eigenvalue weighted by molar-refractivity contribution is 0.0600. The van der Waals surface area contributed by atoms with Crippen LogP contribution >= 0.6 is 0 Å². The summed E-state index contributed by atoms with van der Waals surface area (Å²) >= 11 is 0. The standard InChI is InChI=1S/C26H26N6O3/c1-4-30-14-16(13-28-30)15-32-24-20(10-18(26(33)35-3)12-22(24)34-2)29-25(32)21-11-17-6-5-7-19-23(17)31(21)9-8-27-19/h5-7,10-14,27H,4,8-9,15H2,1-3H3. The summed E-state index contributed by atoms with van der Waals surface area (Å²) in [7, 11) is 2.98. The Morgan fingerprint density at radius 1 is 1.17 bits per heavy atom. The van der Waals surface area contributed by atoms with Crippen LogP contribution in [0.15, 0.2) is 48.8 Å². The van der Waals surface area contributed by atoms with E-state index in [4.69, 9.17) is 14.5 Å². The fourth-order valence-electron chi connectivity index (χ4n) is 5.00. The first kappa shape index (κ1) is 21.3. The van der Waals surface area contributed by atoms with Gasteiger partial charge in [-0.2, -0.15) is 5.10 Å². The number of imidazole rings is 1. The Kier molecular flexibility index (Phi) is 4.98. The molecule has 0 amide bonds. The topological polar surface area (TPSA) is 88.1 Å². The zero-order chi connectivity index (χ0) is 24.1. The highest BCUT2D eigenvalue weighted by Crippen LogP contribution is 2.38. The highest BCUT2D eigenvalue weighted by atomic mass is 16.5. The van der Waals surface area contributed by atoms with Gasteiger partial charge in [-0.15, -0.1) is 0 Å². The fourth-order valence-corrected chi connectivity index (χ4v) is 5.00. The Bertz CT molecular complexity index is 1590. The zero-order valence-electron chi connectivity index (χ0n) is 19.9. The zero-order valence-corrected chi connectivity index (χ0v) is 19.9. The van der Waals surface area contributed by atoms with Crippen molar-refractivity contribution in [3.05, 3.63) is 59.9 Å². The van der Waals surface area contributed by atoms with Crippen LogP contribution in [-0.4, -0.2) is 50.6 Å². The molecule has 6 rings (SSSR count). The van der Waals surface area contributed by atoms with Crippen molar-refractivity contribution in [2.24, 2.45) is 0 Å². The van der Waals surface area contributed by atoms with Crippen LogP contribution in [0.2, 0.25) is 0 Å². The molecule has 4 heterocycles. The average Bonchev–Trinajstić information content (AvgIpc) is 3.60. The number of methoxy groups -OCH3 is 2. The van der Waals surface area contributed by atoms with Gasteiger partial charge in [-0.05, 0) is 31.2 Å². The van der Waals surface area contributed by atoms with Crippen molar-refractivity contribution in [2.45, 2.75) is 26.6 Å². The van der Waals surface area contributed by atoms with E-state index in [2.05, 4.69) is 50.7 Å². The van der Waals surface area contributed by atoms with Crippen LogP contribution in [0.5, 0.6) is 5.75 Å². The van der Waals surface area contributed by atoms with Crippen LogP contribution in [0.25, 0.3) is 33.5 Å². The molecule has 0 spiro atoms. The SMILES string of the molecule is CCn1cc(Cn2c(-c3cc4cccc5c4n3CCN5)nc3cc(C(=O)OC)cc(OC)c32)cn1. The highest BCUT2D eigenvalue weighted by molar-refractivity contribution is 5.99. The molecule has 2 aromatic carbocycles. The van der Waals surface area contributed by atoms with Crippen LogP contribution in [0.1, 0.15) is 22.8 Å². The summed E-state index contributed by atoms with van der Waals surface area (Å²) in [6.45, 7) is 5.10. The number of para-hydroxylation sites is 1. The van der Waals surface area contributed by atoms with E-state index in [1.165, 1.54) is 12.6 Å². The lowest BCUT2D eigenvalue weighted by Gasteiger charge is -2.20.